The van der Waals surface area contributed by atoms with Gasteiger partial charge in [0.2, 0.25) is 5.78 Å². The minimum atomic E-state index is -6.30. The minimum absolute atomic E-state index is 0.0702. The zero-order valence-corrected chi connectivity index (χ0v) is 23.8. The highest BCUT2D eigenvalue weighted by molar-refractivity contribution is 8.02. The molecule has 228 valence electrons. The Balaban J connectivity index is 0.000000285. The SMILES string of the molecule is C[S+](C)(=O)CC(=O)c1ccc(N(Cc2ccccc2)Cc2ccccc2)cc1.Fc1c(F)c(F)c([B-](F)(F)F)c(F)c1F. The highest BCUT2D eigenvalue weighted by Crippen LogP contribution is 2.23. The van der Waals surface area contributed by atoms with Gasteiger partial charge in [-0.05, 0) is 40.9 Å². The first-order valence-corrected chi connectivity index (χ1v) is 15.2. The number of carbonyl (C=O) groups is 1. The van der Waals surface area contributed by atoms with Gasteiger partial charge in [-0.3, -0.25) is 4.79 Å². The number of hydrogen-bond acceptors (Lipinski definition) is 3. The summed E-state index contributed by atoms with van der Waals surface area (Å²) in [6, 6.07) is 28.3. The molecule has 13 heteroatoms. The van der Waals surface area contributed by atoms with Gasteiger partial charge < -0.3 is 17.8 Å². The average Bonchev–Trinajstić information content (AvgIpc) is 2.95. The number of hydrogen-bond donors (Lipinski definition) is 0. The second kappa shape index (κ2) is 14.0. The molecule has 4 rings (SSSR count). The lowest BCUT2D eigenvalue weighted by atomic mass is 9.79. The minimum Gasteiger partial charge on any atom is -0.445 e. The van der Waals surface area contributed by atoms with Gasteiger partial charge in [-0.15, -0.1) is 4.21 Å². The molecule has 0 saturated carbocycles. The Kier molecular flexibility index (Phi) is 10.9. The maximum Gasteiger partial charge on any atom is 0.515 e. The van der Waals surface area contributed by atoms with Gasteiger partial charge in [0, 0.05) is 24.3 Å². The summed E-state index contributed by atoms with van der Waals surface area (Å²) >= 11 is 0. The molecule has 4 aromatic carbocycles. The average molecular weight is 627 g/mol. The van der Waals surface area contributed by atoms with E-state index < -0.39 is 51.5 Å². The van der Waals surface area contributed by atoms with Crippen LogP contribution in [0.2, 0.25) is 0 Å². The van der Waals surface area contributed by atoms with Crippen molar-refractivity contribution in [2.45, 2.75) is 13.1 Å². The molecular weight excluding hydrogens is 601 g/mol. The van der Waals surface area contributed by atoms with Crippen LogP contribution in [0.4, 0.5) is 40.6 Å². The predicted molar refractivity (Wildman–Crippen MR) is 153 cm³/mol. The quantitative estimate of drug-likeness (QED) is 0.0490. The van der Waals surface area contributed by atoms with Crippen LogP contribution in [-0.2, 0) is 27.2 Å². The Bertz CT molecular complexity index is 1520. The van der Waals surface area contributed by atoms with Crippen molar-refractivity contribution in [3.05, 3.63) is 131 Å². The van der Waals surface area contributed by atoms with E-state index >= 15 is 0 Å². The van der Waals surface area contributed by atoms with Crippen LogP contribution in [0.15, 0.2) is 84.9 Å². The molecule has 0 aliphatic heterocycles. The van der Waals surface area contributed by atoms with Crippen LogP contribution in [0.5, 0.6) is 0 Å². The lowest BCUT2D eigenvalue weighted by Gasteiger charge is -2.25. The Hall–Kier alpha value is -4.00. The van der Waals surface area contributed by atoms with E-state index in [0.717, 1.165) is 18.8 Å². The molecule has 0 spiro atoms. The molecule has 0 aromatic heterocycles. The summed E-state index contributed by atoms with van der Waals surface area (Å²) in [5, 5.41) is 0. The number of ketones is 1. The summed E-state index contributed by atoms with van der Waals surface area (Å²) in [7, 11) is -2.09. The number of benzene rings is 4. The summed E-state index contributed by atoms with van der Waals surface area (Å²) in [6.45, 7) is -4.75. The molecule has 0 N–H and O–H groups in total. The zero-order valence-electron chi connectivity index (χ0n) is 23.0. The molecule has 0 heterocycles. The van der Waals surface area contributed by atoms with Crippen molar-refractivity contribution in [1.82, 2.24) is 0 Å². The van der Waals surface area contributed by atoms with Crippen molar-refractivity contribution >= 4 is 33.8 Å². The Labute approximate surface area is 244 Å². The molecule has 4 aromatic rings. The van der Waals surface area contributed by atoms with Crippen LogP contribution in [0, 0.1) is 29.1 Å². The third kappa shape index (κ3) is 9.24. The summed E-state index contributed by atoms with van der Waals surface area (Å²) < 4.78 is 110. The lowest BCUT2D eigenvalue weighted by Crippen LogP contribution is -2.41. The molecule has 0 aliphatic rings. The van der Waals surface area contributed by atoms with E-state index in [2.05, 4.69) is 29.2 Å². The van der Waals surface area contributed by atoms with Crippen LogP contribution in [0.1, 0.15) is 21.5 Å². The van der Waals surface area contributed by atoms with Crippen molar-refractivity contribution in [3.63, 3.8) is 0 Å². The van der Waals surface area contributed by atoms with Crippen LogP contribution in [0.25, 0.3) is 0 Å². The van der Waals surface area contributed by atoms with Crippen molar-refractivity contribution in [2.75, 3.05) is 23.2 Å². The standard InChI is InChI=1S/C24H26NO2S.C6BF8/c1-28(2,27)19-24(26)22-13-15-23(16-14-22)25(17-20-9-5-3-6-10-20)18-21-11-7-4-8-12-21;8-2-1(7(13,14)15)3(9)5(11)6(12)4(2)10/h3-16H,17-19H2,1-2H3;/q+1;-1. The fourth-order valence-electron chi connectivity index (χ4n) is 4.01. The maximum absolute atomic E-state index is 12.5. The Morgan fingerprint density at radius 1 is 0.651 bits per heavy atom. The van der Waals surface area contributed by atoms with E-state index in [1.807, 2.05) is 60.7 Å². The van der Waals surface area contributed by atoms with E-state index in [1.165, 1.54) is 11.1 Å². The summed E-state index contributed by atoms with van der Waals surface area (Å²) in [4.78, 5) is 14.6. The van der Waals surface area contributed by atoms with Crippen LogP contribution >= 0.6 is 0 Å². The second-order valence-electron chi connectivity index (χ2n) is 9.94. The fraction of sp³-hybridized carbons (Fsp3) is 0.167. The van der Waals surface area contributed by atoms with Crippen LogP contribution in [-0.4, -0.2) is 31.0 Å². The number of nitrogens with zero attached hydrogens (tertiary/aromatic N) is 1. The van der Waals surface area contributed by atoms with E-state index in [1.54, 1.807) is 12.5 Å². The first-order valence-electron chi connectivity index (χ1n) is 12.7. The molecule has 43 heavy (non-hydrogen) atoms. The normalized spacial score (nSPS) is 11.5. The molecular formula is C30H26BF8NO2S. The van der Waals surface area contributed by atoms with Gasteiger partial charge in [-0.25, -0.2) is 22.0 Å². The van der Waals surface area contributed by atoms with Gasteiger partial charge in [0.05, 0.1) is 9.93 Å². The summed E-state index contributed by atoms with van der Waals surface area (Å²) in [6.07, 6.45) is 3.25. The molecule has 0 atom stereocenters. The lowest BCUT2D eigenvalue weighted by molar-refractivity contribution is 0.102. The van der Waals surface area contributed by atoms with Crippen molar-refractivity contribution in [2.24, 2.45) is 0 Å². The molecule has 0 unspecified atom stereocenters. The number of halogens is 8. The number of rotatable bonds is 9. The topological polar surface area (TPSA) is 37.4 Å². The van der Waals surface area contributed by atoms with Gasteiger partial charge in [0.15, 0.2) is 23.2 Å². The summed E-state index contributed by atoms with van der Waals surface area (Å²) in [5.41, 5.74) is 1.40. The van der Waals surface area contributed by atoms with Crippen LogP contribution < -0.4 is 10.4 Å². The number of Topliss-reactive ketones (excluding diaryl/α,β-unsaturated/α-hetero) is 1. The van der Waals surface area contributed by atoms with Crippen molar-refractivity contribution in [3.8, 4) is 0 Å². The maximum atomic E-state index is 12.5. The monoisotopic (exact) mass is 627 g/mol. The van der Waals surface area contributed by atoms with E-state index in [9.17, 15) is 43.9 Å². The molecule has 0 aliphatic carbocycles. The largest absolute Gasteiger partial charge is 0.515 e. The van der Waals surface area contributed by atoms with Crippen LogP contribution in [0.3, 0.4) is 0 Å². The summed E-state index contributed by atoms with van der Waals surface area (Å²) in [5.74, 6) is -13.5. The zero-order chi connectivity index (χ0) is 31.9. The van der Waals surface area contributed by atoms with Gasteiger partial charge in [0.1, 0.15) is 24.1 Å². The third-order valence-electron chi connectivity index (χ3n) is 6.04. The first kappa shape index (κ1) is 33.5. The smallest absolute Gasteiger partial charge is 0.445 e. The van der Waals surface area contributed by atoms with Gasteiger partial charge in [-0.2, -0.15) is 0 Å². The molecule has 0 fully saturated rings. The van der Waals surface area contributed by atoms with Crippen molar-refractivity contribution < 1.29 is 43.9 Å². The van der Waals surface area contributed by atoms with E-state index in [4.69, 9.17) is 0 Å². The molecule has 0 radical (unpaired) electrons. The highest BCUT2D eigenvalue weighted by atomic mass is 32.2. The van der Waals surface area contributed by atoms with E-state index in [-0.39, 0.29) is 11.5 Å². The predicted octanol–water partition coefficient (Wildman–Crippen LogP) is 7.27. The van der Waals surface area contributed by atoms with Crippen molar-refractivity contribution in [1.29, 1.82) is 0 Å². The third-order valence-corrected chi connectivity index (χ3v) is 6.99. The molecule has 0 amide bonds. The van der Waals surface area contributed by atoms with Gasteiger partial charge in [-0.1, -0.05) is 60.7 Å². The Morgan fingerprint density at radius 3 is 1.42 bits per heavy atom. The van der Waals surface area contributed by atoms with Gasteiger partial charge in [0.25, 0.3) is 0 Å². The second-order valence-corrected chi connectivity index (χ2v) is 13.1. The fourth-order valence-corrected chi connectivity index (χ4v) is 4.81. The number of carbonyl (C=O) groups excluding carboxylic acids is 1. The number of anilines is 1. The Morgan fingerprint density at radius 2 is 1.05 bits per heavy atom. The molecule has 3 nitrogen and oxygen atoms in total. The highest BCUT2D eigenvalue weighted by Gasteiger charge is 2.37. The molecule has 0 bridgehead atoms. The first-order chi connectivity index (χ1) is 20.1. The molecule has 0 saturated heterocycles. The van der Waals surface area contributed by atoms with E-state index in [0.29, 0.717) is 5.56 Å². The van der Waals surface area contributed by atoms with Gasteiger partial charge >= 0.3 is 6.98 Å².